The van der Waals surface area contributed by atoms with E-state index in [0.29, 0.717) is 18.8 Å². The van der Waals surface area contributed by atoms with E-state index in [-0.39, 0.29) is 5.92 Å². The molecule has 0 aliphatic rings. The highest BCUT2D eigenvalue weighted by Crippen LogP contribution is 2.16. The maximum Gasteiger partial charge on any atom is 0.306 e. The van der Waals surface area contributed by atoms with Crippen LogP contribution in [0.5, 0.6) is 0 Å². The Bertz CT molecular complexity index is 361. The van der Waals surface area contributed by atoms with E-state index in [0.717, 1.165) is 11.4 Å². The second kappa shape index (κ2) is 5.64. The summed E-state index contributed by atoms with van der Waals surface area (Å²) in [5.41, 5.74) is 1.80. The van der Waals surface area contributed by atoms with E-state index < -0.39 is 5.97 Å². The van der Waals surface area contributed by atoms with Gasteiger partial charge in [-0.1, -0.05) is 19.9 Å². The average Bonchev–Trinajstić information content (AvgIpc) is 2.15. The third-order valence-corrected chi connectivity index (χ3v) is 2.51. The maximum atomic E-state index is 11.1. The standard InChI is InChI=1S/C13H19NO2/c1-9(2)7-11(13(15)16)8-12-6-4-5-10(3)14-12/h4-6,9,11H,7-8H2,1-3H3,(H,15,16). The van der Waals surface area contributed by atoms with Gasteiger partial charge in [0.1, 0.15) is 0 Å². The normalized spacial score (nSPS) is 12.8. The Balaban J connectivity index is 2.71. The van der Waals surface area contributed by atoms with E-state index in [2.05, 4.69) is 4.98 Å². The largest absolute Gasteiger partial charge is 0.481 e. The summed E-state index contributed by atoms with van der Waals surface area (Å²) in [5.74, 6) is -0.655. The molecule has 3 heteroatoms. The van der Waals surface area contributed by atoms with Crippen molar-refractivity contribution in [2.24, 2.45) is 11.8 Å². The van der Waals surface area contributed by atoms with Crippen LogP contribution in [-0.2, 0) is 11.2 Å². The first-order valence-corrected chi connectivity index (χ1v) is 5.64. The Labute approximate surface area is 96.5 Å². The first kappa shape index (κ1) is 12.7. The molecule has 0 aromatic carbocycles. The van der Waals surface area contributed by atoms with E-state index in [1.807, 2.05) is 39.0 Å². The van der Waals surface area contributed by atoms with Crippen LogP contribution < -0.4 is 0 Å². The third kappa shape index (κ3) is 4.01. The molecule has 1 aromatic heterocycles. The lowest BCUT2D eigenvalue weighted by Crippen LogP contribution is -2.19. The van der Waals surface area contributed by atoms with E-state index in [9.17, 15) is 4.79 Å². The van der Waals surface area contributed by atoms with Crippen molar-refractivity contribution in [3.05, 3.63) is 29.6 Å². The Morgan fingerprint density at radius 1 is 1.44 bits per heavy atom. The smallest absolute Gasteiger partial charge is 0.306 e. The second-order valence-corrected chi connectivity index (χ2v) is 4.64. The van der Waals surface area contributed by atoms with Crippen molar-refractivity contribution >= 4 is 5.97 Å². The van der Waals surface area contributed by atoms with Crippen LogP contribution in [0.15, 0.2) is 18.2 Å². The summed E-state index contributed by atoms with van der Waals surface area (Å²) in [6.45, 7) is 6.00. The van der Waals surface area contributed by atoms with Gasteiger partial charge in [-0.3, -0.25) is 9.78 Å². The number of nitrogens with zero attached hydrogens (tertiary/aromatic N) is 1. The van der Waals surface area contributed by atoms with Crippen molar-refractivity contribution in [2.45, 2.75) is 33.6 Å². The van der Waals surface area contributed by atoms with Gasteiger partial charge in [-0.25, -0.2) is 0 Å². The van der Waals surface area contributed by atoms with Crippen molar-refractivity contribution in [1.29, 1.82) is 0 Å². The summed E-state index contributed by atoms with van der Waals surface area (Å²) in [6, 6.07) is 5.73. The number of aromatic nitrogens is 1. The number of carboxylic acid groups (broad SMARTS) is 1. The number of hydrogen-bond acceptors (Lipinski definition) is 2. The van der Waals surface area contributed by atoms with Crippen LogP contribution in [0.4, 0.5) is 0 Å². The maximum absolute atomic E-state index is 11.1. The predicted octanol–water partition coefficient (Wildman–Crippen LogP) is 2.68. The molecular formula is C13H19NO2. The summed E-state index contributed by atoms with van der Waals surface area (Å²) >= 11 is 0. The predicted molar refractivity (Wildman–Crippen MR) is 63.3 cm³/mol. The van der Waals surface area contributed by atoms with Gasteiger partial charge in [0.15, 0.2) is 0 Å². The molecule has 1 heterocycles. The monoisotopic (exact) mass is 221 g/mol. The van der Waals surface area contributed by atoms with Gasteiger partial charge in [-0.05, 0) is 31.4 Å². The Hall–Kier alpha value is -1.38. The Kier molecular flexibility index (Phi) is 4.47. The van der Waals surface area contributed by atoms with Crippen LogP contribution >= 0.6 is 0 Å². The number of hydrogen-bond donors (Lipinski definition) is 1. The lowest BCUT2D eigenvalue weighted by atomic mass is 9.93. The van der Waals surface area contributed by atoms with Gasteiger partial charge in [0.05, 0.1) is 5.92 Å². The highest BCUT2D eigenvalue weighted by molar-refractivity contribution is 5.70. The number of rotatable bonds is 5. The summed E-state index contributed by atoms with van der Waals surface area (Å²) in [6.07, 6.45) is 1.22. The first-order chi connectivity index (χ1) is 7.49. The topological polar surface area (TPSA) is 50.2 Å². The van der Waals surface area contributed by atoms with Gasteiger partial charge in [-0.15, -0.1) is 0 Å². The van der Waals surface area contributed by atoms with Gasteiger partial charge in [0, 0.05) is 17.8 Å². The zero-order valence-corrected chi connectivity index (χ0v) is 10.1. The molecule has 0 saturated heterocycles. The molecule has 1 rings (SSSR count). The van der Waals surface area contributed by atoms with Crippen molar-refractivity contribution in [3.8, 4) is 0 Å². The minimum atomic E-state index is -0.725. The zero-order valence-electron chi connectivity index (χ0n) is 10.1. The fourth-order valence-electron chi connectivity index (χ4n) is 1.81. The molecule has 0 amide bonds. The minimum Gasteiger partial charge on any atom is -0.481 e. The van der Waals surface area contributed by atoms with Gasteiger partial charge in [-0.2, -0.15) is 0 Å². The summed E-state index contributed by atoms with van der Waals surface area (Å²) in [7, 11) is 0. The number of pyridine rings is 1. The van der Waals surface area contributed by atoms with Crippen LogP contribution in [0.3, 0.4) is 0 Å². The molecule has 1 aromatic rings. The Morgan fingerprint density at radius 3 is 2.62 bits per heavy atom. The van der Waals surface area contributed by atoms with Gasteiger partial charge < -0.3 is 5.11 Å². The highest BCUT2D eigenvalue weighted by Gasteiger charge is 2.19. The van der Waals surface area contributed by atoms with Gasteiger partial charge >= 0.3 is 5.97 Å². The van der Waals surface area contributed by atoms with Crippen molar-refractivity contribution in [2.75, 3.05) is 0 Å². The molecule has 3 nitrogen and oxygen atoms in total. The molecule has 1 atom stereocenters. The van der Waals surface area contributed by atoms with Crippen LogP contribution in [0.1, 0.15) is 31.7 Å². The quantitative estimate of drug-likeness (QED) is 0.831. The molecule has 88 valence electrons. The van der Waals surface area contributed by atoms with Crippen LogP contribution in [0.2, 0.25) is 0 Å². The fraction of sp³-hybridized carbons (Fsp3) is 0.538. The summed E-state index contributed by atoms with van der Waals surface area (Å²) in [4.78, 5) is 15.4. The number of aryl methyl sites for hydroxylation is 1. The Morgan fingerprint density at radius 2 is 2.12 bits per heavy atom. The van der Waals surface area contributed by atoms with E-state index in [1.165, 1.54) is 0 Å². The molecule has 1 N–H and O–H groups in total. The van der Waals surface area contributed by atoms with E-state index in [1.54, 1.807) is 0 Å². The molecule has 0 aliphatic carbocycles. The SMILES string of the molecule is Cc1cccc(CC(CC(C)C)C(=O)O)n1. The molecule has 0 spiro atoms. The van der Waals surface area contributed by atoms with Crippen molar-refractivity contribution in [3.63, 3.8) is 0 Å². The van der Waals surface area contributed by atoms with E-state index in [4.69, 9.17) is 5.11 Å². The second-order valence-electron chi connectivity index (χ2n) is 4.64. The number of aliphatic carboxylic acids is 1. The molecule has 0 fully saturated rings. The molecule has 0 aliphatic heterocycles. The summed E-state index contributed by atoms with van der Waals surface area (Å²) in [5, 5.41) is 9.12. The molecular weight excluding hydrogens is 202 g/mol. The zero-order chi connectivity index (χ0) is 12.1. The van der Waals surface area contributed by atoms with Crippen LogP contribution in [-0.4, -0.2) is 16.1 Å². The van der Waals surface area contributed by atoms with Crippen LogP contribution in [0.25, 0.3) is 0 Å². The average molecular weight is 221 g/mol. The summed E-state index contributed by atoms with van der Waals surface area (Å²) < 4.78 is 0. The first-order valence-electron chi connectivity index (χ1n) is 5.64. The fourth-order valence-corrected chi connectivity index (χ4v) is 1.81. The lowest BCUT2D eigenvalue weighted by Gasteiger charge is -2.14. The number of carboxylic acids is 1. The molecule has 0 saturated carbocycles. The highest BCUT2D eigenvalue weighted by atomic mass is 16.4. The van der Waals surface area contributed by atoms with Gasteiger partial charge in [0.25, 0.3) is 0 Å². The molecule has 0 bridgehead atoms. The minimum absolute atomic E-state index is 0.325. The van der Waals surface area contributed by atoms with E-state index >= 15 is 0 Å². The van der Waals surface area contributed by atoms with Gasteiger partial charge in [0.2, 0.25) is 0 Å². The third-order valence-electron chi connectivity index (χ3n) is 2.51. The molecule has 1 unspecified atom stereocenters. The van der Waals surface area contributed by atoms with Crippen molar-refractivity contribution < 1.29 is 9.90 Å². The molecule has 16 heavy (non-hydrogen) atoms. The van der Waals surface area contributed by atoms with Crippen LogP contribution in [0, 0.1) is 18.8 Å². The number of carbonyl (C=O) groups is 1. The van der Waals surface area contributed by atoms with Crippen molar-refractivity contribution in [1.82, 2.24) is 4.98 Å². The molecule has 0 radical (unpaired) electrons. The lowest BCUT2D eigenvalue weighted by molar-refractivity contribution is -0.142.